The second-order valence-electron chi connectivity index (χ2n) is 12.9. The zero-order valence-corrected chi connectivity index (χ0v) is 27.3. The molecule has 2 heterocycles. The number of fused-ring (bicyclic) bond motifs is 3. The van der Waals surface area contributed by atoms with E-state index < -0.39 is 5.41 Å². The van der Waals surface area contributed by atoms with Crippen LogP contribution >= 0.6 is 0 Å². The number of tetrazole rings is 1. The lowest BCUT2D eigenvalue weighted by molar-refractivity contribution is -0.131. The molecule has 1 aromatic heterocycles. The summed E-state index contributed by atoms with van der Waals surface area (Å²) in [6, 6.07) is 13.7. The number of nitriles is 1. The number of benzene rings is 2. The van der Waals surface area contributed by atoms with E-state index >= 15 is 0 Å². The molecule has 0 bridgehead atoms. The fourth-order valence-corrected chi connectivity index (χ4v) is 7.82. The van der Waals surface area contributed by atoms with E-state index in [4.69, 9.17) is 0 Å². The number of likely N-dealkylation sites (tertiary alicyclic amines) is 1. The molecule has 3 aromatic rings. The highest BCUT2D eigenvalue weighted by molar-refractivity contribution is 5.95. The number of nitrogens with one attached hydrogen (secondary N) is 4. The number of H-pyrrole nitrogens is 1. The Balaban J connectivity index is 1.44. The van der Waals surface area contributed by atoms with E-state index in [1.54, 1.807) is 4.90 Å². The molecule has 2 unspecified atom stereocenters. The summed E-state index contributed by atoms with van der Waals surface area (Å²) in [5, 5.41) is 34.7. The van der Waals surface area contributed by atoms with E-state index in [0.29, 0.717) is 55.2 Å². The highest BCUT2D eigenvalue weighted by atomic mass is 16.2. The summed E-state index contributed by atoms with van der Waals surface area (Å²) in [5.74, 6) is 0.685. The molecule has 3 aliphatic rings. The number of rotatable bonds is 12. The van der Waals surface area contributed by atoms with Crippen molar-refractivity contribution in [2.45, 2.75) is 89.3 Å². The number of aromatic nitrogens is 4. The van der Waals surface area contributed by atoms with E-state index in [0.717, 1.165) is 47.9 Å². The summed E-state index contributed by atoms with van der Waals surface area (Å²) < 4.78 is 0. The SMILES string of the molecule is CCCC(CC1(c2nnn[nH]2)c2ccc(C(=O)NCC)cc2CCc2cc(C(=O)NCC)ccc21)NCC(=O)N1C(C#N)C[C@@H]2C[C@@H]21. The van der Waals surface area contributed by atoms with Crippen LogP contribution in [0.4, 0.5) is 0 Å². The van der Waals surface area contributed by atoms with E-state index in [-0.39, 0.29) is 42.4 Å². The number of carbonyl (C=O) groups is 3. The first kappa shape index (κ1) is 32.3. The maximum atomic E-state index is 13.5. The van der Waals surface area contributed by atoms with Gasteiger partial charge in [-0.1, -0.05) is 25.5 Å². The van der Waals surface area contributed by atoms with Crippen LogP contribution in [0.1, 0.15) is 102 Å². The standard InChI is InChI=1S/C35H43N9O3/c1-4-7-26(39-20-31(45)44-27(19-36)16-25-17-30(25)44)18-35(34-40-42-43-41-34)28-12-10-23(32(46)37-5-2)14-21(28)8-9-22-15-24(11-13-29(22)35)33(47)38-6-3/h10-15,25-27,30,39H,4-9,16-18,20H2,1-3H3,(H,37,46)(H,38,47)(H,40,41,42,43)/t25-,26?,27?,30+/m1/s1. The zero-order chi connectivity index (χ0) is 33.1. The van der Waals surface area contributed by atoms with Gasteiger partial charge < -0.3 is 20.9 Å². The minimum atomic E-state index is -0.884. The summed E-state index contributed by atoms with van der Waals surface area (Å²) in [6.45, 7) is 7.08. The molecule has 1 saturated heterocycles. The fourth-order valence-electron chi connectivity index (χ4n) is 7.82. The molecule has 47 heavy (non-hydrogen) atoms. The van der Waals surface area contributed by atoms with Gasteiger partial charge in [-0.25, -0.2) is 5.10 Å². The number of nitrogens with zero attached hydrogens (tertiary/aromatic N) is 5. The van der Waals surface area contributed by atoms with E-state index in [1.165, 1.54) is 0 Å². The van der Waals surface area contributed by atoms with Gasteiger partial charge in [-0.05, 0) is 115 Å². The Morgan fingerprint density at radius 1 is 1.00 bits per heavy atom. The van der Waals surface area contributed by atoms with Crippen LogP contribution in [-0.4, -0.2) is 81.0 Å². The first-order chi connectivity index (χ1) is 22.8. The molecule has 4 N–H and O–H groups in total. The van der Waals surface area contributed by atoms with Crippen molar-refractivity contribution < 1.29 is 14.4 Å². The Kier molecular flexibility index (Phi) is 9.36. The van der Waals surface area contributed by atoms with E-state index in [9.17, 15) is 19.6 Å². The van der Waals surface area contributed by atoms with Gasteiger partial charge in [-0.15, -0.1) is 5.10 Å². The van der Waals surface area contributed by atoms with Crippen LogP contribution in [0.5, 0.6) is 0 Å². The molecule has 1 saturated carbocycles. The van der Waals surface area contributed by atoms with Gasteiger partial charge in [-0.3, -0.25) is 14.4 Å². The number of hydrogen-bond acceptors (Lipinski definition) is 8. The molecule has 246 valence electrons. The van der Waals surface area contributed by atoms with Gasteiger partial charge in [0.25, 0.3) is 11.8 Å². The Morgan fingerprint density at radius 2 is 1.64 bits per heavy atom. The normalized spacial score (nSPS) is 21.0. The lowest BCUT2D eigenvalue weighted by Gasteiger charge is -2.38. The molecule has 2 aromatic carbocycles. The summed E-state index contributed by atoms with van der Waals surface area (Å²) in [7, 11) is 0. The van der Waals surface area contributed by atoms with Crippen molar-refractivity contribution in [3.63, 3.8) is 0 Å². The molecule has 0 spiro atoms. The summed E-state index contributed by atoms with van der Waals surface area (Å²) in [4.78, 5) is 41.2. The van der Waals surface area contributed by atoms with E-state index in [2.05, 4.69) is 49.6 Å². The minimum absolute atomic E-state index is 0.0436. The second kappa shape index (κ2) is 13.6. The first-order valence-corrected chi connectivity index (χ1v) is 16.9. The molecule has 2 fully saturated rings. The molecule has 12 heteroatoms. The third-order valence-corrected chi connectivity index (χ3v) is 10.0. The second-order valence-corrected chi connectivity index (χ2v) is 12.9. The van der Waals surface area contributed by atoms with Crippen LogP contribution in [-0.2, 0) is 23.1 Å². The van der Waals surface area contributed by atoms with Crippen LogP contribution in [0.3, 0.4) is 0 Å². The van der Waals surface area contributed by atoms with Crippen molar-refractivity contribution in [2.75, 3.05) is 19.6 Å². The molecule has 4 atom stereocenters. The Labute approximate surface area is 275 Å². The Morgan fingerprint density at radius 3 is 2.17 bits per heavy atom. The molecule has 2 aliphatic carbocycles. The molecular formula is C35H43N9O3. The highest BCUT2D eigenvalue weighted by Gasteiger charge is 2.54. The van der Waals surface area contributed by atoms with Crippen molar-refractivity contribution >= 4 is 17.7 Å². The van der Waals surface area contributed by atoms with Gasteiger partial charge >= 0.3 is 0 Å². The van der Waals surface area contributed by atoms with Gasteiger partial charge in [0.2, 0.25) is 5.91 Å². The van der Waals surface area contributed by atoms with Crippen LogP contribution in [0, 0.1) is 17.2 Å². The van der Waals surface area contributed by atoms with Crippen LogP contribution in [0.15, 0.2) is 36.4 Å². The highest BCUT2D eigenvalue weighted by Crippen LogP contribution is 2.48. The van der Waals surface area contributed by atoms with Crippen LogP contribution < -0.4 is 16.0 Å². The summed E-state index contributed by atoms with van der Waals surface area (Å²) in [5.41, 5.74) is 4.23. The third kappa shape index (κ3) is 6.12. The molecule has 0 radical (unpaired) electrons. The number of piperidine rings is 1. The zero-order valence-electron chi connectivity index (χ0n) is 27.3. The minimum Gasteiger partial charge on any atom is -0.352 e. The lowest BCUT2D eigenvalue weighted by atomic mass is 9.67. The van der Waals surface area contributed by atoms with Gasteiger partial charge in [0.15, 0.2) is 5.82 Å². The predicted octanol–water partition coefficient (Wildman–Crippen LogP) is 2.79. The van der Waals surface area contributed by atoms with Crippen molar-refractivity contribution in [1.82, 2.24) is 41.5 Å². The maximum absolute atomic E-state index is 13.5. The predicted molar refractivity (Wildman–Crippen MR) is 174 cm³/mol. The average molecular weight is 638 g/mol. The number of carbonyl (C=O) groups excluding carboxylic acids is 3. The Bertz CT molecular complexity index is 1610. The Hall–Kier alpha value is -4.63. The molecule has 1 aliphatic heterocycles. The average Bonchev–Trinajstić information content (AvgIpc) is 3.46. The largest absolute Gasteiger partial charge is 0.352 e. The number of hydrogen-bond donors (Lipinski definition) is 4. The lowest BCUT2D eigenvalue weighted by Crippen LogP contribution is -2.47. The van der Waals surface area contributed by atoms with Crippen molar-refractivity contribution in [3.05, 3.63) is 75.6 Å². The summed E-state index contributed by atoms with van der Waals surface area (Å²) >= 11 is 0. The van der Waals surface area contributed by atoms with Crippen LogP contribution in [0.2, 0.25) is 0 Å². The van der Waals surface area contributed by atoms with Crippen LogP contribution in [0.25, 0.3) is 0 Å². The van der Waals surface area contributed by atoms with Crippen molar-refractivity contribution in [2.24, 2.45) is 5.92 Å². The first-order valence-electron chi connectivity index (χ1n) is 16.9. The molecular weight excluding hydrogens is 594 g/mol. The molecule has 3 amide bonds. The van der Waals surface area contributed by atoms with Gasteiger partial charge in [0.05, 0.1) is 18.0 Å². The van der Waals surface area contributed by atoms with E-state index in [1.807, 2.05) is 50.2 Å². The number of aromatic amines is 1. The van der Waals surface area contributed by atoms with Crippen molar-refractivity contribution in [1.29, 1.82) is 5.26 Å². The topological polar surface area (TPSA) is 169 Å². The third-order valence-electron chi connectivity index (χ3n) is 10.0. The summed E-state index contributed by atoms with van der Waals surface area (Å²) in [6.07, 6.45) is 5.20. The van der Waals surface area contributed by atoms with Gasteiger partial charge in [-0.2, -0.15) is 5.26 Å². The van der Waals surface area contributed by atoms with Gasteiger partial charge in [0, 0.05) is 36.3 Å². The molecule has 12 nitrogen and oxygen atoms in total. The number of amides is 3. The van der Waals surface area contributed by atoms with Crippen molar-refractivity contribution in [3.8, 4) is 6.07 Å². The van der Waals surface area contributed by atoms with Gasteiger partial charge in [0.1, 0.15) is 6.04 Å². The molecule has 6 rings (SSSR count). The maximum Gasteiger partial charge on any atom is 0.251 e. The number of aryl methyl sites for hydroxylation is 2. The fraction of sp³-hybridized carbons (Fsp3) is 0.514. The quantitative estimate of drug-likeness (QED) is 0.235. The monoisotopic (exact) mass is 637 g/mol. The smallest absolute Gasteiger partial charge is 0.251 e.